The second kappa shape index (κ2) is 6.24. The zero-order chi connectivity index (χ0) is 16.4. The molecule has 1 aliphatic rings. The van der Waals surface area contributed by atoms with Gasteiger partial charge in [0.25, 0.3) is 11.8 Å². The van der Waals surface area contributed by atoms with Gasteiger partial charge in [-0.15, -0.1) is 0 Å². The number of para-hydroxylation sites is 2. The molecule has 0 atom stereocenters. The molecule has 4 heteroatoms. The van der Waals surface area contributed by atoms with Crippen LogP contribution in [0.5, 0.6) is 0 Å². The number of rotatable bonds is 4. The standard InChI is InChI=1S/C19H20N2O2/c1-14(2)13-17-18(22)20(15-9-5-3-6-10-15)21(19(17)23)16-11-7-4-8-12-16/h3-12,14,17H,13H2,1-2H3. The van der Waals surface area contributed by atoms with Crippen molar-refractivity contribution in [2.45, 2.75) is 20.3 Å². The van der Waals surface area contributed by atoms with Gasteiger partial charge in [-0.3, -0.25) is 9.59 Å². The van der Waals surface area contributed by atoms with Crippen molar-refractivity contribution in [1.29, 1.82) is 0 Å². The summed E-state index contributed by atoms with van der Waals surface area (Å²) in [7, 11) is 0. The molecule has 0 bridgehead atoms. The Morgan fingerprint density at radius 2 is 1.17 bits per heavy atom. The molecule has 0 aromatic heterocycles. The highest BCUT2D eigenvalue weighted by Gasteiger charge is 2.46. The average molecular weight is 308 g/mol. The van der Waals surface area contributed by atoms with Crippen molar-refractivity contribution in [1.82, 2.24) is 0 Å². The van der Waals surface area contributed by atoms with E-state index in [4.69, 9.17) is 0 Å². The molecule has 0 saturated carbocycles. The lowest BCUT2D eigenvalue weighted by molar-refractivity contribution is -0.127. The van der Waals surface area contributed by atoms with Gasteiger partial charge >= 0.3 is 0 Å². The monoisotopic (exact) mass is 308 g/mol. The Hall–Kier alpha value is -2.62. The fourth-order valence-corrected chi connectivity index (χ4v) is 2.89. The molecule has 4 nitrogen and oxygen atoms in total. The number of hydrogen-bond acceptors (Lipinski definition) is 2. The Morgan fingerprint density at radius 1 is 0.783 bits per heavy atom. The first kappa shape index (κ1) is 15.3. The molecule has 0 unspecified atom stereocenters. The average Bonchev–Trinajstić information content (AvgIpc) is 2.80. The largest absolute Gasteiger partial charge is 0.272 e. The van der Waals surface area contributed by atoms with Crippen molar-refractivity contribution in [3.05, 3.63) is 60.7 Å². The Bertz CT molecular complexity index is 640. The minimum Gasteiger partial charge on any atom is -0.272 e. The lowest BCUT2D eigenvalue weighted by atomic mass is 9.96. The summed E-state index contributed by atoms with van der Waals surface area (Å²) in [6.07, 6.45) is 0.560. The molecule has 2 amide bonds. The van der Waals surface area contributed by atoms with Gasteiger partial charge in [0.1, 0.15) is 5.92 Å². The molecule has 1 saturated heterocycles. The number of anilines is 2. The minimum atomic E-state index is -0.615. The van der Waals surface area contributed by atoms with Gasteiger partial charge in [-0.05, 0) is 36.6 Å². The first-order valence-corrected chi connectivity index (χ1v) is 7.87. The van der Waals surface area contributed by atoms with Crippen LogP contribution >= 0.6 is 0 Å². The van der Waals surface area contributed by atoms with Crippen molar-refractivity contribution in [2.24, 2.45) is 11.8 Å². The van der Waals surface area contributed by atoms with Gasteiger partial charge in [0, 0.05) is 0 Å². The molecule has 2 aromatic rings. The quantitative estimate of drug-likeness (QED) is 0.809. The third kappa shape index (κ3) is 2.84. The van der Waals surface area contributed by atoms with E-state index in [9.17, 15) is 9.59 Å². The molecule has 1 heterocycles. The zero-order valence-corrected chi connectivity index (χ0v) is 13.3. The third-order valence-corrected chi connectivity index (χ3v) is 3.92. The predicted molar refractivity (Wildman–Crippen MR) is 90.8 cm³/mol. The van der Waals surface area contributed by atoms with Gasteiger partial charge in [0.2, 0.25) is 0 Å². The summed E-state index contributed by atoms with van der Waals surface area (Å²) in [6.45, 7) is 4.05. The van der Waals surface area contributed by atoms with Gasteiger partial charge in [-0.2, -0.15) is 0 Å². The predicted octanol–water partition coefficient (Wildman–Crippen LogP) is 3.64. The van der Waals surface area contributed by atoms with E-state index in [1.807, 2.05) is 74.5 Å². The van der Waals surface area contributed by atoms with E-state index in [0.29, 0.717) is 17.8 Å². The highest BCUT2D eigenvalue weighted by atomic mass is 16.2. The van der Waals surface area contributed by atoms with Crippen molar-refractivity contribution in [2.75, 3.05) is 10.0 Å². The van der Waals surface area contributed by atoms with E-state index in [2.05, 4.69) is 0 Å². The van der Waals surface area contributed by atoms with Crippen molar-refractivity contribution in [3.8, 4) is 0 Å². The number of hydrogen-bond donors (Lipinski definition) is 0. The number of amides is 2. The van der Waals surface area contributed by atoms with E-state index >= 15 is 0 Å². The Morgan fingerprint density at radius 3 is 1.52 bits per heavy atom. The molecule has 0 aliphatic carbocycles. The van der Waals surface area contributed by atoms with Crippen LogP contribution in [0.15, 0.2) is 60.7 Å². The van der Waals surface area contributed by atoms with Gasteiger partial charge in [0.05, 0.1) is 11.4 Å². The maximum Gasteiger partial charge on any atom is 0.258 e. The van der Waals surface area contributed by atoms with Crippen LogP contribution in [0.2, 0.25) is 0 Å². The number of carbonyl (C=O) groups is 2. The fraction of sp³-hybridized carbons (Fsp3) is 0.263. The van der Waals surface area contributed by atoms with Crippen LogP contribution in [0.4, 0.5) is 11.4 Å². The van der Waals surface area contributed by atoms with E-state index in [1.165, 1.54) is 10.0 Å². The van der Waals surface area contributed by atoms with Crippen molar-refractivity contribution >= 4 is 23.2 Å². The molecule has 23 heavy (non-hydrogen) atoms. The van der Waals surface area contributed by atoms with Crippen LogP contribution in [0, 0.1) is 11.8 Å². The molecule has 0 spiro atoms. The number of benzene rings is 2. The van der Waals surface area contributed by atoms with Crippen molar-refractivity contribution < 1.29 is 9.59 Å². The second-order valence-corrected chi connectivity index (χ2v) is 6.15. The first-order chi connectivity index (χ1) is 11.1. The fourth-order valence-electron chi connectivity index (χ4n) is 2.89. The Labute approximate surface area is 136 Å². The van der Waals surface area contributed by atoms with E-state index in [0.717, 1.165) is 0 Å². The summed E-state index contributed by atoms with van der Waals surface area (Å²) < 4.78 is 0. The topological polar surface area (TPSA) is 40.6 Å². The summed E-state index contributed by atoms with van der Waals surface area (Å²) in [6, 6.07) is 18.6. The molecule has 0 radical (unpaired) electrons. The van der Waals surface area contributed by atoms with Gasteiger partial charge in [0.15, 0.2) is 0 Å². The Kier molecular flexibility index (Phi) is 4.15. The highest BCUT2D eigenvalue weighted by Crippen LogP contribution is 2.33. The van der Waals surface area contributed by atoms with Crippen LogP contribution in [0.3, 0.4) is 0 Å². The van der Waals surface area contributed by atoms with Crippen LogP contribution in [0.1, 0.15) is 20.3 Å². The SMILES string of the molecule is CC(C)CC1C(=O)N(c2ccccc2)N(c2ccccc2)C1=O. The number of carbonyl (C=O) groups excluding carboxylic acids is 2. The lowest BCUT2D eigenvalue weighted by Gasteiger charge is -2.27. The van der Waals surface area contributed by atoms with Gasteiger partial charge in [-0.1, -0.05) is 50.2 Å². The maximum absolute atomic E-state index is 12.9. The molecule has 1 aliphatic heterocycles. The maximum atomic E-state index is 12.9. The smallest absolute Gasteiger partial charge is 0.258 e. The highest BCUT2D eigenvalue weighted by molar-refractivity contribution is 6.22. The zero-order valence-electron chi connectivity index (χ0n) is 13.3. The van der Waals surface area contributed by atoms with Crippen LogP contribution in [-0.4, -0.2) is 11.8 Å². The van der Waals surface area contributed by atoms with Crippen LogP contribution in [0.25, 0.3) is 0 Å². The first-order valence-electron chi connectivity index (χ1n) is 7.87. The normalized spacial score (nSPS) is 15.8. The summed E-state index contributed by atoms with van der Waals surface area (Å²) in [5.74, 6) is -0.644. The summed E-state index contributed by atoms with van der Waals surface area (Å²) in [4.78, 5) is 25.8. The van der Waals surface area contributed by atoms with Crippen molar-refractivity contribution in [3.63, 3.8) is 0 Å². The number of nitrogens with zero attached hydrogens (tertiary/aromatic N) is 2. The van der Waals surface area contributed by atoms with Gasteiger partial charge in [-0.25, -0.2) is 10.0 Å². The van der Waals surface area contributed by atoms with E-state index < -0.39 is 5.92 Å². The van der Waals surface area contributed by atoms with Crippen LogP contribution < -0.4 is 10.0 Å². The molecule has 0 N–H and O–H groups in total. The molecule has 1 fully saturated rings. The molecular weight excluding hydrogens is 288 g/mol. The molecule has 118 valence electrons. The van der Waals surface area contributed by atoms with Gasteiger partial charge < -0.3 is 0 Å². The summed E-state index contributed by atoms with van der Waals surface area (Å²) in [5, 5.41) is 3.01. The van der Waals surface area contributed by atoms with E-state index in [-0.39, 0.29) is 17.7 Å². The molecule has 3 rings (SSSR count). The van der Waals surface area contributed by atoms with E-state index in [1.54, 1.807) is 0 Å². The summed E-state index contributed by atoms with van der Waals surface area (Å²) in [5.41, 5.74) is 1.42. The van der Waals surface area contributed by atoms with Crippen LogP contribution in [-0.2, 0) is 9.59 Å². The second-order valence-electron chi connectivity index (χ2n) is 6.15. The minimum absolute atomic E-state index is 0.154. The summed E-state index contributed by atoms with van der Waals surface area (Å²) >= 11 is 0. The molecule has 2 aromatic carbocycles. The Balaban J connectivity index is 2.06. The lowest BCUT2D eigenvalue weighted by Crippen LogP contribution is -2.41. The number of hydrazine groups is 1. The third-order valence-electron chi connectivity index (χ3n) is 3.92. The molecular formula is C19H20N2O2.